The zero-order valence-electron chi connectivity index (χ0n) is 13.2. The van der Waals surface area contributed by atoms with E-state index in [2.05, 4.69) is 31.9 Å². The number of ether oxygens (including phenoxy) is 2. The summed E-state index contributed by atoms with van der Waals surface area (Å²) in [6.45, 7) is 2.98. The van der Waals surface area contributed by atoms with Crippen LogP contribution in [0.25, 0.3) is 0 Å². The van der Waals surface area contributed by atoms with Crippen LogP contribution in [0.15, 0.2) is 45.3 Å². The van der Waals surface area contributed by atoms with Crippen LogP contribution in [0.2, 0.25) is 0 Å². The minimum Gasteiger partial charge on any atom is -0.494 e. The van der Waals surface area contributed by atoms with E-state index in [0.29, 0.717) is 25.4 Å². The fourth-order valence-corrected chi connectivity index (χ4v) is 3.70. The molecule has 0 heterocycles. The van der Waals surface area contributed by atoms with Crippen LogP contribution in [0.4, 0.5) is 0 Å². The van der Waals surface area contributed by atoms with Crippen LogP contribution in [0.5, 0.6) is 11.5 Å². The van der Waals surface area contributed by atoms with Crippen molar-refractivity contribution < 1.29 is 19.4 Å². The van der Waals surface area contributed by atoms with E-state index < -0.39 is 5.97 Å². The summed E-state index contributed by atoms with van der Waals surface area (Å²) in [6.07, 6.45) is 0.576. The average Bonchev–Trinajstić information content (AvgIpc) is 2.53. The molecule has 2 aromatic carbocycles. The number of carboxylic acid groups (broad SMARTS) is 1. The molecule has 0 unspecified atom stereocenters. The lowest BCUT2D eigenvalue weighted by molar-refractivity contribution is -0.136. The molecule has 0 bridgehead atoms. The minimum atomic E-state index is -0.809. The zero-order valence-corrected chi connectivity index (χ0v) is 16.4. The second kappa shape index (κ2) is 9.08. The van der Waals surface area contributed by atoms with E-state index in [0.717, 1.165) is 25.8 Å². The van der Waals surface area contributed by atoms with Crippen LogP contribution >= 0.6 is 31.9 Å². The van der Waals surface area contributed by atoms with Gasteiger partial charge in [-0.1, -0.05) is 12.1 Å². The molecule has 0 spiro atoms. The van der Waals surface area contributed by atoms with Crippen LogP contribution in [0.1, 0.15) is 24.5 Å². The third-order valence-corrected chi connectivity index (χ3v) is 4.46. The summed E-state index contributed by atoms with van der Waals surface area (Å²) in [5.41, 5.74) is 1.94. The standard InChI is InChI=1S/C18H18Br2O4/c1-2-23-14-5-3-4-13(8-14)11-24-18-15(19)9-12(10-16(18)20)6-7-17(21)22/h3-5,8-10H,2,6-7,11H2,1H3,(H,21,22). The molecule has 2 aromatic rings. The van der Waals surface area contributed by atoms with E-state index in [1.54, 1.807) is 0 Å². The Morgan fingerprint density at radius 3 is 2.42 bits per heavy atom. The van der Waals surface area contributed by atoms with Crippen molar-refractivity contribution >= 4 is 37.8 Å². The Labute approximate surface area is 158 Å². The Morgan fingerprint density at radius 2 is 1.79 bits per heavy atom. The van der Waals surface area contributed by atoms with Crippen LogP contribution in [-0.4, -0.2) is 17.7 Å². The van der Waals surface area contributed by atoms with Crippen molar-refractivity contribution in [3.63, 3.8) is 0 Å². The summed E-state index contributed by atoms with van der Waals surface area (Å²) < 4.78 is 13.0. The molecule has 0 atom stereocenters. The molecule has 0 saturated heterocycles. The average molecular weight is 458 g/mol. The molecule has 0 aliphatic rings. The van der Waals surface area contributed by atoms with Gasteiger partial charge in [0.1, 0.15) is 18.1 Å². The highest BCUT2D eigenvalue weighted by atomic mass is 79.9. The number of aryl methyl sites for hydroxylation is 1. The maximum atomic E-state index is 10.7. The first-order valence-electron chi connectivity index (χ1n) is 7.54. The lowest BCUT2D eigenvalue weighted by Gasteiger charge is -2.13. The predicted octanol–water partition coefficient (Wildman–Crippen LogP) is 5.21. The van der Waals surface area contributed by atoms with Crippen LogP contribution in [0.3, 0.4) is 0 Å². The Bertz CT molecular complexity index is 693. The van der Waals surface area contributed by atoms with Crippen molar-refractivity contribution in [1.29, 1.82) is 0 Å². The maximum absolute atomic E-state index is 10.7. The molecule has 0 radical (unpaired) electrons. The Kier molecular flexibility index (Phi) is 7.12. The molecule has 0 fully saturated rings. The van der Waals surface area contributed by atoms with Crippen LogP contribution in [-0.2, 0) is 17.8 Å². The summed E-state index contributed by atoms with van der Waals surface area (Å²) in [5.74, 6) is 0.702. The number of rotatable bonds is 8. The van der Waals surface area contributed by atoms with Gasteiger partial charge in [-0.3, -0.25) is 4.79 Å². The number of carbonyl (C=O) groups is 1. The molecule has 0 aliphatic carbocycles. The molecular weight excluding hydrogens is 440 g/mol. The number of benzene rings is 2. The molecule has 4 nitrogen and oxygen atoms in total. The molecule has 2 rings (SSSR count). The number of carboxylic acids is 1. The lowest BCUT2D eigenvalue weighted by atomic mass is 10.1. The van der Waals surface area contributed by atoms with Crippen molar-refractivity contribution in [2.75, 3.05) is 6.61 Å². The van der Waals surface area contributed by atoms with Crippen molar-refractivity contribution in [3.05, 3.63) is 56.5 Å². The highest BCUT2D eigenvalue weighted by Crippen LogP contribution is 2.35. The third kappa shape index (κ3) is 5.53. The monoisotopic (exact) mass is 456 g/mol. The predicted molar refractivity (Wildman–Crippen MR) is 99.7 cm³/mol. The van der Waals surface area contributed by atoms with E-state index in [9.17, 15) is 4.79 Å². The molecule has 128 valence electrons. The summed E-state index contributed by atoms with van der Waals surface area (Å²) in [7, 11) is 0. The summed E-state index contributed by atoms with van der Waals surface area (Å²) in [6, 6.07) is 11.6. The first kappa shape index (κ1) is 18.8. The van der Waals surface area contributed by atoms with Gasteiger partial charge in [0.25, 0.3) is 0 Å². The first-order valence-corrected chi connectivity index (χ1v) is 9.12. The van der Waals surface area contributed by atoms with Gasteiger partial charge >= 0.3 is 5.97 Å². The normalized spacial score (nSPS) is 10.5. The van der Waals surface area contributed by atoms with E-state index in [4.69, 9.17) is 14.6 Å². The first-order chi connectivity index (χ1) is 11.5. The molecule has 1 N–H and O–H groups in total. The van der Waals surface area contributed by atoms with Crippen LogP contribution in [0, 0.1) is 0 Å². The van der Waals surface area contributed by atoms with Crippen LogP contribution < -0.4 is 9.47 Å². The third-order valence-electron chi connectivity index (χ3n) is 3.28. The number of aliphatic carboxylic acids is 1. The topological polar surface area (TPSA) is 55.8 Å². The zero-order chi connectivity index (χ0) is 17.5. The van der Waals surface area contributed by atoms with Gasteiger partial charge in [0, 0.05) is 6.42 Å². The van der Waals surface area contributed by atoms with Crippen molar-refractivity contribution in [3.8, 4) is 11.5 Å². The maximum Gasteiger partial charge on any atom is 0.303 e. The Morgan fingerprint density at radius 1 is 1.08 bits per heavy atom. The highest BCUT2D eigenvalue weighted by Gasteiger charge is 2.11. The van der Waals surface area contributed by atoms with E-state index >= 15 is 0 Å². The van der Waals surface area contributed by atoms with Gasteiger partial charge < -0.3 is 14.6 Å². The molecule has 0 amide bonds. The highest BCUT2D eigenvalue weighted by molar-refractivity contribution is 9.11. The van der Waals surface area contributed by atoms with Gasteiger partial charge in [-0.15, -0.1) is 0 Å². The second-order valence-corrected chi connectivity index (χ2v) is 6.86. The Hall–Kier alpha value is -1.53. The molecule has 0 aromatic heterocycles. The van der Waals surface area contributed by atoms with Gasteiger partial charge in [0.05, 0.1) is 15.6 Å². The van der Waals surface area contributed by atoms with Gasteiger partial charge in [0.2, 0.25) is 0 Å². The lowest BCUT2D eigenvalue weighted by Crippen LogP contribution is -2.00. The largest absolute Gasteiger partial charge is 0.494 e. The van der Waals surface area contributed by atoms with E-state index in [-0.39, 0.29) is 6.42 Å². The number of halogens is 2. The summed E-state index contributed by atoms with van der Waals surface area (Å²) in [5, 5.41) is 8.78. The number of hydrogen-bond donors (Lipinski definition) is 1. The van der Waals surface area contributed by atoms with Crippen molar-refractivity contribution in [2.24, 2.45) is 0 Å². The van der Waals surface area contributed by atoms with Crippen molar-refractivity contribution in [1.82, 2.24) is 0 Å². The minimum absolute atomic E-state index is 0.101. The molecule has 6 heteroatoms. The van der Waals surface area contributed by atoms with Gasteiger partial charge in [-0.2, -0.15) is 0 Å². The fourth-order valence-electron chi connectivity index (χ4n) is 2.19. The fraction of sp³-hybridized carbons (Fsp3) is 0.278. The smallest absolute Gasteiger partial charge is 0.303 e. The number of hydrogen-bond acceptors (Lipinski definition) is 3. The van der Waals surface area contributed by atoms with Crippen molar-refractivity contribution in [2.45, 2.75) is 26.4 Å². The summed E-state index contributed by atoms with van der Waals surface area (Å²) in [4.78, 5) is 10.7. The molecule has 0 aliphatic heterocycles. The van der Waals surface area contributed by atoms with Gasteiger partial charge in [-0.25, -0.2) is 0 Å². The molecule has 0 saturated carbocycles. The van der Waals surface area contributed by atoms with E-state index in [1.165, 1.54) is 0 Å². The Balaban J connectivity index is 2.07. The SMILES string of the molecule is CCOc1cccc(COc2c(Br)cc(CCC(=O)O)cc2Br)c1. The molecular formula is C18H18Br2O4. The quantitative estimate of drug-likeness (QED) is 0.591. The van der Waals surface area contributed by atoms with Gasteiger partial charge in [-0.05, 0) is 80.6 Å². The molecule has 24 heavy (non-hydrogen) atoms. The summed E-state index contributed by atoms with van der Waals surface area (Å²) >= 11 is 6.98. The van der Waals surface area contributed by atoms with Gasteiger partial charge in [0.15, 0.2) is 0 Å². The second-order valence-electron chi connectivity index (χ2n) is 5.15. The van der Waals surface area contributed by atoms with E-state index in [1.807, 2.05) is 43.3 Å².